The minimum absolute atomic E-state index is 0.0137. The van der Waals surface area contributed by atoms with Crippen LogP contribution in [0.2, 0.25) is 0 Å². The highest BCUT2D eigenvalue weighted by Crippen LogP contribution is 2.22. The number of hydrogen-bond acceptors (Lipinski definition) is 7. The summed E-state index contributed by atoms with van der Waals surface area (Å²) in [5, 5.41) is 17.5. The molecule has 0 bridgehead atoms. The van der Waals surface area contributed by atoms with E-state index in [1.165, 1.54) is 12.3 Å². The zero-order valence-electron chi connectivity index (χ0n) is 21.0. The highest BCUT2D eigenvalue weighted by Gasteiger charge is 2.34. The number of carbonyl (C=O) groups excluding carboxylic acids is 2. The lowest BCUT2D eigenvalue weighted by Gasteiger charge is -2.47. The average molecular weight is 515 g/mol. The van der Waals surface area contributed by atoms with Gasteiger partial charge in [0.05, 0.1) is 23.6 Å². The number of alkyl halides is 2. The van der Waals surface area contributed by atoms with Crippen LogP contribution in [0.5, 0.6) is 0 Å². The summed E-state index contributed by atoms with van der Waals surface area (Å²) >= 11 is 0. The van der Waals surface area contributed by atoms with E-state index in [2.05, 4.69) is 25.6 Å². The van der Waals surface area contributed by atoms with Crippen molar-refractivity contribution in [3.8, 4) is 11.3 Å². The van der Waals surface area contributed by atoms with Crippen molar-refractivity contribution in [2.75, 3.05) is 26.2 Å². The summed E-state index contributed by atoms with van der Waals surface area (Å²) in [6.45, 7) is 7.15. The Morgan fingerprint density at radius 1 is 1.24 bits per heavy atom. The topological polar surface area (TPSA) is 119 Å². The van der Waals surface area contributed by atoms with Gasteiger partial charge < -0.3 is 15.5 Å². The summed E-state index contributed by atoms with van der Waals surface area (Å²) in [5.74, 6) is -0.590. The third-order valence-electron chi connectivity index (χ3n) is 6.79. The van der Waals surface area contributed by atoms with Gasteiger partial charge in [-0.25, -0.2) is 13.8 Å². The number of pyridine rings is 1. The molecular formula is C25H32F2N8O2. The van der Waals surface area contributed by atoms with Gasteiger partial charge in [-0.1, -0.05) is 6.07 Å². The minimum atomic E-state index is -3.04. The quantitative estimate of drug-likeness (QED) is 0.441. The van der Waals surface area contributed by atoms with E-state index in [4.69, 9.17) is 5.41 Å². The van der Waals surface area contributed by atoms with Crippen molar-refractivity contribution >= 4 is 17.5 Å². The summed E-state index contributed by atoms with van der Waals surface area (Å²) in [6.07, 6.45) is 3.50. The first kappa shape index (κ1) is 26.4. The van der Waals surface area contributed by atoms with Crippen LogP contribution in [-0.4, -0.2) is 86.8 Å². The van der Waals surface area contributed by atoms with Crippen LogP contribution in [0.25, 0.3) is 11.3 Å². The van der Waals surface area contributed by atoms with Crippen LogP contribution in [0.1, 0.15) is 37.2 Å². The number of amides is 2. The van der Waals surface area contributed by atoms with E-state index >= 15 is 0 Å². The molecule has 2 saturated heterocycles. The van der Waals surface area contributed by atoms with Crippen LogP contribution in [0.4, 0.5) is 8.78 Å². The molecule has 2 aromatic heterocycles. The Morgan fingerprint density at radius 2 is 1.97 bits per heavy atom. The molecule has 2 aromatic rings. The molecule has 4 rings (SSSR count). The summed E-state index contributed by atoms with van der Waals surface area (Å²) < 4.78 is 28.5. The fourth-order valence-corrected chi connectivity index (χ4v) is 4.54. The van der Waals surface area contributed by atoms with Gasteiger partial charge in [-0.05, 0) is 31.9 Å². The number of nitrogens with zero attached hydrogens (tertiary/aromatic N) is 5. The van der Waals surface area contributed by atoms with E-state index in [1.807, 2.05) is 11.8 Å². The fraction of sp³-hybridized carbons (Fsp3) is 0.480. The predicted molar refractivity (Wildman–Crippen MR) is 134 cm³/mol. The van der Waals surface area contributed by atoms with Crippen molar-refractivity contribution in [1.29, 1.82) is 5.41 Å². The van der Waals surface area contributed by atoms with Crippen LogP contribution in [0.15, 0.2) is 42.5 Å². The van der Waals surface area contributed by atoms with Gasteiger partial charge in [0, 0.05) is 63.6 Å². The van der Waals surface area contributed by atoms with Crippen molar-refractivity contribution in [3.05, 3.63) is 48.2 Å². The van der Waals surface area contributed by atoms with Crippen LogP contribution in [0, 0.1) is 5.41 Å². The number of piperidine rings is 1. The molecule has 2 fully saturated rings. The first-order valence-corrected chi connectivity index (χ1v) is 12.4. The summed E-state index contributed by atoms with van der Waals surface area (Å²) in [7, 11) is 0. The predicted octanol–water partition coefficient (Wildman–Crippen LogP) is 2.11. The van der Waals surface area contributed by atoms with Crippen LogP contribution >= 0.6 is 0 Å². The number of nitrogens with one attached hydrogen (secondary N) is 3. The fourth-order valence-electron chi connectivity index (χ4n) is 4.54. The smallest absolute Gasteiger partial charge is 0.281 e. The molecule has 198 valence electrons. The summed E-state index contributed by atoms with van der Waals surface area (Å²) in [5.41, 5.74) is 0.0362. The van der Waals surface area contributed by atoms with Crippen molar-refractivity contribution < 1.29 is 18.4 Å². The third-order valence-corrected chi connectivity index (χ3v) is 6.79. The van der Waals surface area contributed by atoms with E-state index in [-0.39, 0.29) is 23.3 Å². The molecule has 12 heteroatoms. The lowest BCUT2D eigenvalue weighted by atomic mass is 9.97. The zero-order chi connectivity index (χ0) is 26.5. The van der Waals surface area contributed by atoms with Crippen molar-refractivity contribution in [2.24, 2.45) is 0 Å². The summed E-state index contributed by atoms with van der Waals surface area (Å²) in [6, 6.07) is 5.28. The number of rotatable bonds is 9. The minimum Gasteiger partial charge on any atom is -0.384 e. The van der Waals surface area contributed by atoms with Crippen LogP contribution in [-0.2, 0) is 11.3 Å². The Hall–Kier alpha value is -3.67. The highest BCUT2D eigenvalue weighted by molar-refractivity contribution is 6.05. The van der Waals surface area contributed by atoms with Crippen molar-refractivity contribution in [3.63, 3.8) is 0 Å². The van der Waals surface area contributed by atoms with Gasteiger partial charge in [0.15, 0.2) is 0 Å². The van der Waals surface area contributed by atoms with E-state index in [0.717, 1.165) is 44.6 Å². The van der Waals surface area contributed by atoms with Crippen molar-refractivity contribution in [1.82, 2.24) is 35.2 Å². The number of aryl methyl sites for hydroxylation is 1. The molecule has 10 nitrogen and oxygen atoms in total. The second-order valence-electron chi connectivity index (χ2n) is 9.27. The van der Waals surface area contributed by atoms with E-state index < -0.39 is 18.0 Å². The van der Waals surface area contributed by atoms with Gasteiger partial charge in [-0.15, -0.1) is 0 Å². The summed E-state index contributed by atoms with van der Waals surface area (Å²) in [4.78, 5) is 32.9. The first-order chi connectivity index (χ1) is 17.7. The largest absolute Gasteiger partial charge is 0.384 e. The molecule has 2 aliphatic heterocycles. The van der Waals surface area contributed by atoms with Gasteiger partial charge >= 0.3 is 0 Å². The SMILES string of the molecule is CCn1cc(-c2cccc(C(=O)N/C(=C/NC3CN(C4CCN(C(C)=O)CC4)C3)C(=N)C(F)F)n2)cn1. The van der Waals surface area contributed by atoms with Gasteiger partial charge in [0.25, 0.3) is 12.3 Å². The Balaban J connectivity index is 1.36. The molecular weight excluding hydrogens is 482 g/mol. The average Bonchev–Trinajstić information content (AvgIpc) is 3.36. The van der Waals surface area contributed by atoms with E-state index in [0.29, 0.717) is 18.3 Å². The van der Waals surface area contributed by atoms with E-state index in [1.54, 1.807) is 36.1 Å². The molecule has 2 amide bonds. The number of aromatic nitrogens is 3. The Kier molecular flexibility index (Phi) is 8.27. The molecule has 0 radical (unpaired) electrons. The zero-order valence-corrected chi connectivity index (χ0v) is 21.0. The molecule has 0 atom stereocenters. The number of halogens is 2. The molecule has 37 heavy (non-hydrogen) atoms. The second kappa shape index (κ2) is 11.6. The Bertz CT molecular complexity index is 1170. The second-order valence-corrected chi connectivity index (χ2v) is 9.27. The van der Waals surface area contributed by atoms with E-state index in [9.17, 15) is 18.4 Å². The molecule has 0 aliphatic carbocycles. The standard InChI is InChI=1S/C25H32F2N8O2/c1-3-35-13-17(11-30-35)20-5-4-6-21(31-20)25(37)32-22(23(28)24(26)27)12-29-18-14-34(15-18)19-7-9-33(10-8-19)16(2)36/h4-6,11-13,18-19,24,28-29H,3,7-10,14-15H2,1-2H3,(H,32,37)/b22-12+,28-23?. The van der Waals surface area contributed by atoms with Crippen molar-refractivity contribution in [2.45, 2.75) is 51.7 Å². The maximum Gasteiger partial charge on any atom is 0.281 e. The lowest BCUT2D eigenvalue weighted by molar-refractivity contribution is -0.130. The Morgan fingerprint density at radius 3 is 2.59 bits per heavy atom. The third kappa shape index (κ3) is 6.37. The lowest BCUT2D eigenvalue weighted by Crippen LogP contribution is -2.62. The monoisotopic (exact) mass is 514 g/mol. The maximum atomic E-state index is 13.4. The molecule has 0 aromatic carbocycles. The Labute approximate surface area is 214 Å². The number of likely N-dealkylation sites (tertiary alicyclic amines) is 2. The van der Waals surface area contributed by atoms with Gasteiger partial charge in [0.1, 0.15) is 11.4 Å². The maximum absolute atomic E-state index is 13.4. The number of hydrogen-bond donors (Lipinski definition) is 3. The molecule has 3 N–H and O–H groups in total. The normalized spacial score (nSPS) is 17.5. The number of allylic oxidation sites excluding steroid dienone is 1. The molecule has 0 saturated carbocycles. The first-order valence-electron chi connectivity index (χ1n) is 12.4. The highest BCUT2D eigenvalue weighted by atomic mass is 19.3. The van der Waals surface area contributed by atoms with Gasteiger partial charge in [0.2, 0.25) is 5.91 Å². The number of carbonyl (C=O) groups is 2. The van der Waals surface area contributed by atoms with Gasteiger partial charge in [-0.3, -0.25) is 24.6 Å². The molecule has 0 unspecified atom stereocenters. The van der Waals surface area contributed by atoms with Crippen LogP contribution in [0.3, 0.4) is 0 Å². The van der Waals surface area contributed by atoms with Gasteiger partial charge in [-0.2, -0.15) is 5.10 Å². The molecule has 2 aliphatic rings. The molecule has 0 spiro atoms. The van der Waals surface area contributed by atoms with Crippen LogP contribution < -0.4 is 10.6 Å². The molecule has 4 heterocycles.